The van der Waals surface area contributed by atoms with Crippen molar-refractivity contribution in [2.24, 2.45) is 5.92 Å². The second-order valence-corrected chi connectivity index (χ2v) is 7.35. The van der Waals surface area contributed by atoms with Gasteiger partial charge in [-0.1, -0.05) is 6.07 Å². The lowest BCUT2D eigenvalue weighted by Crippen LogP contribution is -2.35. The molecule has 0 radical (unpaired) electrons. The maximum Gasteiger partial charge on any atom is 0.416 e. The van der Waals surface area contributed by atoms with Gasteiger partial charge in [0.15, 0.2) is 0 Å². The summed E-state index contributed by atoms with van der Waals surface area (Å²) in [5.41, 5.74) is 0.183. The predicted molar refractivity (Wildman–Crippen MR) is 103 cm³/mol. The number of ether oxygens (including phenoxy) is 1. The number of hydrogen-bond donors (Lipinski definition) is 0. The highest BCUT2D eigenvalue weighted by Crippen LogP contribution is 2.32. The summed E-state index contributed by atoms with van der Waals surface area (Å²) in [4.78, 5) is 26.4. The van der Waals surface area contributed by atoms with Gasteiger partial charge in [0.2, 0.25) is 0 Å². The number of alkyl halides is 3. The van der Waals surface area contributed by atoms with E-state index in [0.717, 1.165) is 25.0 Å². The summed E-state index contributed by atoms with van der Waals surface area (Å²) in [5, 5.41) is 4.14. The Balaban J connectivity index is 1.81. The Labute approximate surface area is 172 Å². The molecule has 0 atom stereocenters. The Kier molecular flexibility index (Phi) is 6.48. The van der Waals surface area contributed by atoms with E-state index >= 15 is 0 Å². The maximum absolute atomic E-state index is 13.1. The number of amides is 1. The molecule has 1 amide bonds. The smallest absolute Gasteiger partial charge is 0.416 e. The fraction of sp³-hybridized carbons (Fsp3) is 0.476. The van der Waals surface area contributed by atoms with E-state index in [4.69, 9.17) is 4.74 Å². The lowest BCUT2D eigenvalue weighted by molar-refractivity contribution is -0.143. The van der Waals surface area contributed by atoms with Crippen molar-refractivity contribution in [1.29, 1.82) is 0 Å². The van der Waals surface area contributed by atoms with Gasteiger partial charge in [-0.2, -0.15) is 18.3 Å². The largest absolute Gasteiger partial charge is 0.466 e. The molecule has 1 fully saturated rings. The second-order valence-electron chi connectivity index (χ2n) is 7.35. The number of esters is 1. The third-order valence-electron chi connectivity index (χ3n) is 5.01. The molecule has 0 saturated heterocycles. The van der Waals surface area contributed by atoms with E-state index in [0.29, 0.717) is 23.7 Å². The first-order chi connectivity index (χ1) is 14.2. The number of benzene rings is 1. The molecule has 162 valence electrons. The molecule has 6 nitrogen and oxygen atoms in total. The fourth-order valence-electron chi connectivity index (χ4n) is 3.21. The van der Waals surface area contributed by atoms with Gasteiger partial charge in [-0.25, -0.2) is 4.68 Å². The van der Waals surface area contributed by atoms with E-state index in [1.54, 1.807) is 18.7 Å². The molecule has 1 aliphatic rings. The van der Waals surface area contributed by atoms with Crippen LogP contribution in [0.1, 0.15) is 47.8 Å². The zero-order valence-corrected chi connectivity index (χ0v) is 16.9. The molecular formula is C21H24F3N3O3. The van der Waals surface area contributed by atoms with Gasteiger partial charge < -0.3 is 9.64 Å². The van der Waals surface area contributed by atoms with Crippen LogP contribution in [0.15, 0.2) is 30.5 Å². The van der Waals surface area contributed by atoms with Gasteiger partial charge in [0, 0.05) is 13.1 Å². The SMILES string of the molecule is CCOC(=O)CCN(CC1CC1)C(=O)c1cnn(-c2cccc(C(F)(F)F)c2)c1C. The highest BCUT2D eigenvalue weighted by atomic mass is 19.4. The summed E-state index contributed by atoms with van der Waals surface area (Å²) >= 11 is 0. The van der Waals surface area contributed by atoms with Gasteiger partial charge >= 0.3 is 12.1 Å². The summed E-state index contributed by atoms with van der Waals surface area (Å²) < 4.78 is 45.3. The Morgan fingerprint density at radius 1 is 1.30 bits per heavy atom. The van der Waals surface area contributed by atoms with E-state index in [9.17, 15) is 22.8 Å². The summed E-state index contributed by atoms with van der Waals surface area (Å²) in [6, 6.07) is 4.80. The molecule has 0 spiro atoms. The highest BCUT2D eigenvalue weighted by Gasteiger charge is 2.31. The molecular weight excluding hydrogens is 399 g/mol. The van der Waals surface area contributed by atoms with Crippen LogP contribution in [0.3, 0.4) is 0 Å². The molecule has 1 aliphatic carbocycles. The van der Waals surface area contributed by atoms with Crippen molar-refractivity contribution < 1.29 is 27.5 Å². The van der Waals surface area contributed by atoms with Crippen LogP contribution >= 0.6 is 0 Å². The zero-order valence-electron chi connectivity index (χ0n) is 16.9. The van der Waals surface area contributed by atoms with Crippen molar-refractivity contribution in [2.45, 2.75) is 39.3 Å². The first-order valence-electron chi connectivity index (χ1n) is 9.87. The van der Waals surface area contributed by atoms with Crippen molar-refractivity contribution in [3.8, 4) is 5.69 Å². The van der Waals surface area contributed by atoms with Crippen molar-refractivity contribution in [3.05, 3.63) is 47.3 Å². The maximum atomic E-state index is 13.1. The molecule has 1 heterocycles. The van der Waals surface area contributed by atoms with Crippen molar-refractivity contribution >= 4 is 11.9 Å². The molecule has 1 aromatic carbocycles. The molecule has 1 aromatic heterocycles. The number of nitrogens with zero attached hydrogens (tertiary/aromatic N) is 3. The Bertz CT molecular complexity index is 920. The molecule has 9 heteroatoms. The minimum absolute atomic E-state index is 0.0904. The number of aromatic nitrogens is 2. The van der Waals surface area contributed by atoms with Gasteiger partial charge in [-0.05, 0) is 50.8 Å². The van der Waals surface area contributed by atoms with Gasteiger partial charge in [0.25, 0.3) is 5.91 Å². The molecule has 2 aromatic rings. The number of carbonyl (C=O) groups excluding carboxylic acids is 2. The summed E-state index contributed by atoms with van der Waals surface area (Å²) in [6.45, 7) is 4.39. The second kappa shape index (κ2) is 8.89. The first kappa shape index (κ1) is 21.9. The molecule has 0 bridgehead atoms. The number of carbonyl (C=O) groups is 2. The van der Waals surface area contributed by atoms with Crippen molar-refractivity contribution in [1.82, 2.24) is 14.7 Å². The van der Waals surface area contributed by atoms with Crippen LogP contribution in [0, 0.1) is 12.8 Å². The highest BCUT2D eigenvalue weighted by molar-refractivity contribution is 5.95. The minimum Gasteiger partial charge on any atom is -0.466 e. The van der Waals surface area contributed by atoms with Crippen molar-refractivity contribution in [2.75, 3.05) is 19.7 Å². The van der Waals surface area contributed by atoms with Gasteiger partial charge in [-0.3, -0.25) is 9.59 Å². The predicted octanol–water partition coefficient (Wildman–Crippen LogP) is 4.00. The summed E-state index contributed by atoms with van der Waals surface area (Å²) in [7, 11) is 0. The van der Waals surface area contributed by atoms with Crippen LogP contribution in [-0.2, 0) is 15.7 Å². The van der Waals surface area contributed by atoms with Crippen LogP contribution in [0.5, 0.6) is 0 Å². The van der Waals surface area contributed by atoms with Gasteiger partial charge in [0.1, 0.15) is 0 Å². The average Bonchev–Trinajstić information content (AvgIpc) is 3.44. The molecule has 30 heavy (non-hydrogen) atoms. The first-order valence-corrected chi connectivity index (χ1v) is 9.87. The van der Waals surface area contributed by atoms with Crippen LogP contribution in [-0.4, -0.2) is 46.3 Å². The van der Waals surface area contributed by atoms with Gasteiger partial charge in [-0.15, -0.1) is 0 Å². The van der Waals surface area contributed by atoms with E-state index in [1.807, 2.05) is 0 Å². The lowest BCUT2D eigenvalue weighted by Gasteiger charge is -2.22. The Hall–Kier alpha value is -2.84. The molecule has 3 rings (SSSR count). The van der Waals surface area contributed by atoms with Crippen LogP contribution < -0.4 is 0 Å². The van der Waals surface area contributed by atoms with Gasteiger partial charge in [0.05, 0.1) is 41.7 Å². The van der Waals surface area contributed by atoms with E-state index in [2.05, 4.69) is 5.10 Å². The molecule has 0 aliphatic heterocycles. The minimum atomic E-state index is -4.47. The molecule has 1 saturated carbocycles. The van der Waals surface area contributed by atoms with E-state index < -0.39 is 11.7 Å². The van der Waals surface area contributed by atoms with E-state index in [-0.39, 0.29) is 37.1 Å². The Morgan fingerprint density at radius 3 is 2.67 bits per heavy atom. The third-order valence-corrected chi connectivity index (χ3v) is 5.01. The summed E-state index contributed by atoms with van der Waals surface area (Å²) in [5.74, 6) is -0.251. The average molecular weight is 423 g/mol. The molecule has 0 unspecified atom stereocenters. The number of rotatable bonds is 8. The normalized spacial score (nSPS) is 13.9. The molecule has 0 N–H and O–H groups in total. The van der Waals surface area contributed by atoms with E-state index in [1.165, 1.54) is 23.0 Å². The standard InChI is InChI=1S/C21H24F3N3O3/c1-3-30-19(28)9-10-26(13-15-7-8-15)20(29)18-12-25-27(14(18)2)17-6-4-5-16(11-17)21(22,23)24/h4-6,11-12,15H,3,7-10,13H2,1-2H3. The number of halogens is 3. The fourth-order valence-corrected chi connectivity index (χ4v) is 3.21. The Morgan fingerprint density at radius 2 is 2.03 bits per heavy atom. The zero-order chi connectivity index (χ0) is 21.9. The quantitative estimate of drug-likeness (QED) is 0.602. The topological polar surface area (TPSA) is 64.4 Å². The number of hydrogen-bond acceptors (Lipinski definition) is 4. The van der Waals surface area contributed by atoms with Crippen LogP contribution in [0.4, 0.5) is 13.2 Å². The summed E-state index contributed by atoms with van der Waals surface area (Å²) in [6.07, 6.45) is -0.948. The van der Waals surface area contributed by atoms with Crippen LogP contribution in [0.2, 0.25) is 0 Å². The third kappa shape index (κ3) is 5.20. The monoisotopic (exact) mass is 423 g/mol. The van der Waals surface area contributed by atoms with Crippen molar-refractivity contribution in [3.63, 3.8) is 0 Å². The lowest BCUT2D eigenvalue weighted by atomic mass is 10.1. The van der Waals surface area contributed by atoms with Crippen LogP contribution in [0.25, 0.3) is 5.69 Å².